The number of nitrogens with one attached hydrogen (secondary N) is 1. The Balaban J connectivity index is 2.33. The molecule has 2 aromatic carbocycles. The number of ether oxygens (including phenoxy) is 1. The average molecular weight is 341 g/mol. The summed E-state index contributed by atoms with van der Waals surface area (Å²) < 4.78 is 5.64. The lowest BCUT2D eigenvalue weighted by Crippen LogP contribution is -2.51. The van der Waals surface area contributed by atoms with E-state index in [9.17, 15) is 14.7 Å². The lowest BCUT2D eigenvalue weighted by molar-refractivity contribution is -0.143. The molecule has 132 valence electrons. The number of hydrogen-bond acceptors (Lipinski definition) is 3. The van der Waals surface area contributed by atoms with Gasteiger partial charge in [-0.3, -0.25) is 4.79 Å². The molecule has 0 aliphatic carbocycles. The summed E-state index contributed by atoms with van der Waals surface area (Å²) in [6, 6.07) is 14.7. The number of carbonyl (C=O) groups excluding carboxylic acids is 1. The number of benzene rings is 2. The van der Waals surface area contributed by atoms with Crippen LogP contribution < -0.4 is 10.1 Å². The Morgan fingerprint density at radius 1 is 1.12 bits per heavy atom. The van der Waals surface area contributed by atoms with Crippen LogP contribution in [-0.2, 0) is 4.79 Å². The second kappa shape index (κ2) is 7.83. The van der Waals surface area contributed by atoms with Crippen molar-refractivity contribution >= 4 is 11.9 Å². The normalized spacial score (nSPS) is 12.9. The van der Waals surface area contributed by atoms with E-state index in [4.69, 9.17) is 4.74 Å². The van der Waals surface area contributed by atoms with E-state index < -0.39 is 17.4 Å². The van der Waals surface area contributed by atoms with Crippen molar-refractivity contribution in [2.24, 2.45) is 0 Å². The maximum Gasteiger partial charge on any atom is 0.329 e. The number of rotatable bonds is 7. The fraction of sp³-hybridized carbons (Fsp3) is 0.300. The molecule has 0 aromatic heterocycles. The molecule has 2 rings (SSSR count). The van der Waals surface area contributed by atoms with E-state index in [1.165, 1.54) is 6.92 Å². The van der Waals surface area contributed by atoms with Gasteiger partial charge in [-0.05, 0) is 44.0 Å². The van der Waals surface area contributed by atoms with Gasteiger partial charge in [-0.15, -0.1) is 0 Å². The molecule has 0 aliphatic heterocycles. The van der Waals surface area contributed by atoms with E-state index in [1.807, 2.05) is 37.3 Å². The van der Waals surface area contributed by atoms with Crippen molar-refractivity contribution in [3.63, 3.8) is 0 Å². The van der Waals surface area contributed by atoms with Crippen molar-refractivity contribution in [1.82, 2.24) is 5.32 Å². The molecular formula is C20H23NO4. The van der Waals surface area contributed by atoms with Gasteiger partial charge >= 0.3 is 5.97 Å². The summed E-state index contributed by atoms with van der Waals surface area (Å²) in [4.78, 5) is 23.9. The number of carboxylic acid groups (broad SMARTS) is 1. The van der Waals surface area contributed by atoms with Gasteiger partial charge in [-0.1, -0.05) is 37.3 Å². The lowest BCUT2D eigenvalue weighted by Gasteiger charge is -2.24. The first-order chi connectivity index (χ1) is 11.9. The monoisotopic (exact) mass is 341 g/mol. The van der Waals surface area contributed by atoms with Crippen LogP contribution in [0, 0.1) is 0 Å². The van der Waals surface area contributed by atoms with E-state index in [0.29, 0.717) is 18.6 Å². The third-order valence-electron chi connectivity index (χ3n) is 4.19. The minimum Gasteiger partial charge on any atom is -0.493 e. The molecule has 0 spiro atoms. The zero-order valence-corrected chi connectivity index (χ0v) is 14.7. The second-order valence-electron chi connectivity index (χ2n) is 5.95. The molecule has 1 atom stereocenters. The molecule has 0 heterocycles. The Morgan fingerprint density at radius 2 is 1.84 bits per heavy atom. The summed E-state index contributed by atoms with van der Waals surface area (Å²) >= 11 is 0. The van der Waals surface area contributed by atoms with Crippen molar-refractivity contribution in [3.8, 4) is 16.9 Å². The molecule has 1 unspecified atom stereocenters. The molecule has 0 radical (unpaired) electrons. The van der Waals surface area contributed by atoms with Crippen LogP contribution in [-0.4, -0.2) is 29.1 Å². The number of hydrogen-bond donors (Lipinski definition) is 2. The molecule has 25 heavy (non-hydrogen) atoms. The van der Waals surface area contributed by atoms with Gasteiger partial charge in [-0.25, -0.2) is 4.79 Å². The predicted molar refractivity (Wildman–Crippen MR) is 96.8 cm³/mol. The van der Waals surface area contributed by atoms with E-state index >= 15 is 0 Å². The first kappa shape index (κ1) is 18.5. The molecule has 0 saturated heterocycles. The highest BCUT2D eigenvalue weighted by Gasteiger charge is 2.33. The molecule has 5 nitrogen and oxygen atoms in total. The predicted octanol–water partition coefficient (Wildman–Crippen LogP) is 3.74. The van der Waals surface area contributed by atoms with Crippen LogP contribution in [0.5, 0.6) is 5.75 Å². The van der Waals surface area contributed by atoms with Crippen LogP contribution in [0.3, 0.4) is 0 Å². The average Bonchev–Trinajstić information content (AvgIpc) is 2.62. The summed E-state index contributed by atoms with van der Waals surface area (Å²) in [6.07, 6.45) is 0.293. The van der Waals surface area contributed by atoms with Crippen LogP contribution in [0.15, 0.2) is 48.5 Å². The molecule has 0 bridgehead atoms. The summed E-state index contributed by atoms with van der Waals surface area (Å²) in [5, 5.41) is 11.9. The van der Waals surface area contributed by atoms with Crippen molar-refractivity contribution < 1.29 is 19.4 Å². The van der Waals surface area contributed by atoms with Gasteiger partial charge in [0, 0.05) is 11.1 Å². The third kappa shape index (κ3) is 4.18. The van der Waals surface area contributed by atoms with Gasteiger partial charge in [0.15, 0.2) is 0 Å². The summed E-state index contributed by atoms with van der Waals surface area (Å²) in [5.41, 5.74) is 0.835. The molecule has 1 amide bonds. The van der Waals surface area contributed by atoms with E-state index in [1.54, 1.807) is 25.1 Å². The number of aliphatic carboxylic acids is 1. The first-order valence-electron chi connectivity index (χ1n) is 8.29. The van der Waals surface area contributed by atoms with Crippen LogP contribution in [0.2, 0.25) is 0 Å². The molecule has 2 N–H and O–H groups in total. The fourth-order valence-corrected chi connectivity index (χ4v) is 2.43. The van der Waals surface area contributed by atoms with Crippen LogP contribution >= 0.6 is 0 Å². The van der Waals surface area contributed by atoms with Gasteiger partial charge < -0.3 is 15.2 Å². The Hall–Kier alpha value is -2.82. The van der Waals surface area contributed by atoms with Crippen LogP contribution in [0.25, 0.3) is 11.1 Å². The smallest absolute Gasteiger partial charge is 0.329 e. The second-order valence-corrected chi connectivity index (χ2v) is 5.95. The number of amides is 1. The summed E-state index contributed by atoms with van der Waals surface area (Å²) in [6.45, 7) is 5.69. The highest BCUT2D eigenvalue weighted by atomic mass is 16.5. The topological polar surface area (TPSA) is 75.6 Å². The quantitative estimate of drug-likeness (QED) is 0.804. The van der Waals surface area contributed by atoms with E-state index in [-0.39, 0.29) is 0 Å². The highest BCUT2D eigenvalue weighted by molar-refractivity contribution is 5.98. The zero-order chi connectivity index (χ0) is 18.4. The van der Waals surface area contributed by atoms with Crippen LogP contribution in [0.1, 0.15) is 37.6 Å². The number of carbonyl (C=O) groups is 2. The Kier molecular flexibility index (Phi) is 5.80. The fourth-order valence-electron chi connectivity index (χ4n) is 2.43. The first-order valence-corrected chi connectivity index (χ1v) is 8.29. The molecule has 5 heteroatoms. The Labute approximate surface area is 147 Å². The van der Waals surface area contributed by atoms with Crippen molar-refractivity contribution in [2.45, 2.75) is 32.7 Å². The Morgan fingerprint density at radius 3 is 2.48 bits per heavy atom. The Bertz CT molecular complexity index is 772. The van der Waals surface area contributed by atoms with Crippen LogP contribution in [0.4, 0.5) is 0 Å². The minimum atomic E-state index is -1.30. The van der Waals surface area contributed by atoms with Gasteiger partial charge in [0.05, 0.1) is 6.61 Å². The summed E-state index contributed by atoms with van der Waals surface area (Å²) in [5.74, 6) is -0.727. The van der Waals surface area contributed by atoms with E-state index in [2.05, 4.69) is 5.32 Å². The molecule has 0 aliphatic rings. The molecule has 2 aromatic rings. The van der Waals surface area contributed by atoms with Crippen molar-refractivity contribution in [2.75, 3.05) is 6.61 Å². The molecule has 0 saturated carbocycles. The third-order valence-corrected chi connectivity index (χ3v) is 4.19. The van der Waals surface area contributed by atoms with Gasteiger partial charge in [0.25, 0.3) is 5.91 Å². The van der Waals surface area contributed by atoms with Gasteiger partial charge in [-0.2, -0.15) is 0 Å². The van der Waals surface area contributed by atoms with E-state index in [0.717, 1.165) is 16.9 Å². The molecule has 0 fully saturated rings. The zero-order valence-electron chi connectivity index (χ0n) is 14.7. The maximum atomic E-state index is 12.5. The number of para-hydroxylation sites is 1. The molecular weight excluding hydrogens is 318 g/mol. The van der Waals surface area contributed by atoms with Crippen molar-refractivity contribution in [1.29, 1.82) is 0 Å². The summed E-state index contributed by atoms with van der Waals surface area (Å²) in [7, 11) is 0. The van der Waals surface area contributed by atoms with Gasteiger partial charge in [0.2, 0.25) is 0 Å². The van der Waals surface area contributed by atoms with Gasteiger partial charge in [0.1, 0.15) is 11.3 Å². The SMILES string of the molecule is CCOc1ccccc1-c1cccc(C(=O)NC(C)(CC)C(=O)O)c1. The number of carboxylic acids is 1. The maximum absolute atomic E-state index is 12.5. The highest BCUT2D eigenvalue weighted by Crippen LogP contribution is 2.30. The standard InChI is InChI=1S/C20H23NO4/c1-4-20(3,19(23)24)21-18(22)15-10-8-9-14(13-15)16-11-6-7-12-17(16)25-5-2/h6-13H,4-5H2,1-3H3,(H,21,22)(H,23,24). The minimum absolute atomic E-state index is 0.293. The van der Waals surface area contributed by atoms with Crippen molar-refractivity contribution in [3.05, 3.63) is 54.1 Å². The largest absolute Gasteiger partial charge is 0.493 e. The lowest BCUT2D eigenvalue weighted by atomic mass is 9.97.